The van der Waals surface area contributed by atoms with Crippen LogP contribution in [0.2, 0.25) is 0 Å². The molecule has 0 saturated heterocycles. The van der Waals surface area contributed by atoms with Crippen molar-refractivity contribution in [2.24, 2.45) is 11.8 Å². The molecule has 1 aliphatic carbocycles. The molecule has 0 aromatic carbocycles. The first-order chi connectivity index (χ1) is 10.7. The Morgan fingerprint density at radius 1 is 1.04 bits per heavy atom. The van der Waals surface area contributed by atoms with E-state index in [1.165, 1.54) is 19.3 Å². The summed E-state index contributed by atoms with van der Waals surface area (Å²) in [6, 6.07) is 0. The molecule has 134 valence electrons. The van der Waals surface area contributed by atoms with Crippen LogP contribution in [0.1, 0.15) is 52.9 Å². The van der Waals surface area contributed by atoms with Gasteiger partial charge in [0, 0.05) is 13.5 Å². The van der Waals surface area contributed by atoms with Gasteiger partial charge in [0.2, 0.25) is 6.29 Å². The van der Waals surface area contributed by atoms with Crippen molar-refractivity contribution in [3.05, 3.63) is 0 Å². The average molecular weight is 333 g/mol. The first-order valence-electron chi connectivity index (χ1n) is 7.79. The molecule has 8 nitrogen and oxygen atoms in total. The van der Waals surface area contributed by atoms with Crippen LogP contribution in [0.3, 0.4) is 0 Å². The van der Waals surface area contributed by atoms with Crippen molar-refractivity contribution in [3.63, 3.8) is 0 Å². The molecule has 0 unspecified atom stereocenters. The molecule has 0 spiro atoms. The number of carbonyl (C=O) groups is 3. The third kappa shape index (κ3) is 12.3. The number of amides is 1. The fourth-order valence-corrected chi connectivity index (χ4v) is 2.14. The molecule has 0 aliphatic heterocycles. The van der Waals surface area contributed by atoms with Crippen molar-refractivity contribution in [2.45, 2.75) is 59.2 Å². The molecule has 1 fully saturated rings. The van der Waals surface area contributed by atoms with Crippen molar-refractivity contribution < 1.29 is 34.1 Å². The van der Waals surface area contributed by atoms with Gasteiger partial charge < -0.3 is 25.0 Å². The van der Waals surface area contributed by atoms with Crippen LogP contribution in [0.5, 0.6) is 0 Å². The second-order valence-corrected chi connectivity index (χ2v) is 5.73. The van der Waals surface area contributed by atoms with Crippen molar-refractivity contribution in [3.8, 4) is 0 Å². The molecular weight excluding hydrogens is 306 g/mol. The molecule has 1 aliphatic rings. The first kappa shape index (κ1) is 21.0. The number of nitrogens with one attached hydrogen (secondary N) is 1. The van der Waals surface area contributed by atoms with Gasteiger partial charge in [-0.25, -0.2) is 9.59 Å². The van der Waals surface area contributed by atoms with Gasteiger partial charge in [-0.05, 0) is 18.8 Å². The second-order valence-electron chi connectivity index (χ2n) is 5.73. The smallest absolute Gasteiger partial charge is 0.450 e. The zero-order valence-electron chi connectivity index (χ0n) is 13.9. The van der Waals surface area contributed by atoms with Crippen LogP contribution in [-0.2, 0) is 14.3 Å². The lowest BCUT2D eigenvalue weighted by atomic mass is 9.89. The summed E-state index contributed by atoms with van der Waals surface area (Å²) in [7, 11) is 0. The number of rotatable bonds is 5. The van der Waals surface area contributed by atoms with Crippen LogP contribution in [0.25, 0.3) is 0 Å². The van der Waals surface area contributed by atoms with E-state index in [-0.39, 0.29) is 11.9 Å². The normalized spacial score (nSPS) is 15.8. The highest BCUT2D eigenvalue weighted by Gasteiger charge is 2.18. The Hall–Kier alpha value is -1.99. The van der Waals surface area contributed by atoms with E-state index in [0.717, 1.165) is 12.8 Å². The predicted octanol–water partition coefficient (Wildman–Crippen LogP) is 3.06. The van der Waals surface area contributed by atoms with Gasteiger partial charge in [-0.15, -0.1) is 0 Å². The topological polar surface area (TPSA) is 122 Å². The maximum absolute atomic E-state index is 11.5. The zero-order chi connectivity index (χ0) is 17.8. The first-order valence-corrected chi connectivity index (χ1v) is 7.79. The van der Waals surface area contributed by atoms with E-state index in [1.807, 2.05) is 0 Å². The molecule has 1 saturated carbocycles. The maximum atomic E-state index is 11.5. The van der Waals surface area contributed by atoms with Crippen molar-refractivity contribution in [1.82, 2.24) is 5.32 Å². The SMILES string of the molecule is CC(C)C(=O)O[C@@H](C)OC(=O)NCC1CCCCC1.O=C(O)O. The van der Waals surface area contributed by atoms with E-state index >= 15 is 0 Å². The molecule has 0 aromatic heterocycles. The molecule has 1 amide bonds. The summed E-state index contributed by atoms with van der Waals surface area (Å²) in [5, 5.41) is 16.7. The third-order valence-electron chi connectivity index (χ3n) is 3.29. The molecule has 0 aromatic rings. The Morgan fingerprint density at radius 2 is 1.57 bits per heavy atom. The number of carbonyl (C=O) groups excluding carboxylic acids is 2. The molecule has 0 radical (unpaired) electrons. The van der Waals surface area contributed by atoms with Gasteiger partial charge in [0.15, 0.2) is 0 Å². The number of alkyl carbamates (subject to hydrolysis) is 1. The van der Waals surface area contributed by atoms with Crippen molar-refractivity contribution in [2.75, 3.05) is 6.54 Å². The summed E-state index contributed by atoms with van der Waals surface area (Å²) >= 11 is 0. The van der Waals surface area contributed by atoms with Crippen LogP contribution in [0.4, 0.5) is 9.59 Å². The quantitative estimate of drug-likeness (QED) is 0.522. The summed E-state index contributed by atoms with van der Waals surface area (Å²) in [5.74, 6) is -0.0428. The van der Waals surface area contributed by atoms with Gasteiger partial charge >= 0.3 is 18.2 Å². The van der Waals surface area contributed by atoms with E-state index in [0.29, 0.717) is 12.5 Å². The van der Waals surface area contributed by atoms with Gasteiger partial charge in [0.1, 0.15) is 0 Å². The maximum Gasteiger partial charge on any atom is 0.503 e. The molecular formula is C15H27NO7. The predicted molar refractivity (Wildman–Crippen MR) is 82.1 cm³/mol. The minimum Gasteiger partial charge on any atom is -0.450 e. The Balaban J connectivity index is 0.00000108. The number of hydrogen-bond acceptors (Lipinski definition) is 5. The number of esters is 1. The Kier molecular flexibility index (Phi) is 10.6. The fourth-order valence-electron chi connectivity index (χ4n) is 2.14. The molecule has 23 heavy (non-hydrogen) atoms. The van der Waals surface area contributed by atoms with E-state index in [4.69, 9.17) is 24.5 Å². The van der Waals surface area contributed by atoms with Gasteiger partial charge in [-0.2, -0.15) is 0 Å². The van der Waals surface area contributed by atoms with E-state index < -0.39 is 18.5 Å². The molecule has 0 heterocycles. The Labute approximate surface area is 136 Å². The van der Waals surface area contributed by atoms with Crippen LogP contribution in [0, 0.1) is 11.8 Å². The van der Waals surface area contributed by atoms with Crippen LogP contribution in [-0.4, -0.2) is 41.3 Å². The van der Waals surface area contributed by atoms with Gasteiger partial charge in [0.25, 0.3) is 0 Å². The second kappa shape index (κ2) is 11.6. The summed E-state index contributed by atoms with van der Waals surface area (Å²) < 4.78 is 9.92. The molecule has 0 bridgehead atoms. The average Bonchev–Trinajstić information content (AvgIpc) is 2.45. The highest BCUT2D eigenvalue weighted by Crippen LogP contribution is 2.22. The summed E-state index contributed by atoms with van der Waals surface area (Å²) in [5.41, 5.74) is 0. The number of hydrogen-bond donors (Lipinski definition) is 3. The minimum atomic E-state index is -1.83. The van der Waals surface area contributed by atoms with Crippen LogP contribution in [0.15, 0.2) is 0 Å². The lowest BCUT2D eigenvalue weighted by Crippen LogP contribution is -2.34. The third-order valence-corrected chi connectivity index (χ3v) is 3.29. The summed E-state index contributed by atoms with van der Waals surface area (Å²) in [6.07, 6.45) is 2.91. The van der Waals surface area contributed by atoms with Gasteiger partial charge in [-0.1, -0.05) is 33.1 Å². The van der Waals surface area contributed by atoms with Crippen LogP contribution < -0.4 is 5.32 Å². The van der Waals surface area contributed by atoms with E-state index in [1.54, 1.807) is 20.8 Å². The summed E-state index contributed by atoms with van der Waals surface area (Å²) in [4.78, 5) is 31.4. The summed E-state index contributed by atoms with van der Waals surface area (Å²) in [6.45, 7) is 5.65. The largest absolute Gasteiger partial charge is 0.503 e. The fraction of sp³-hybridized carbons (Fsp3) is 0.800. The number of ether oxygens (including phenoxy) is 2. The molecule has 1 rings (SSSR count). The van der Waals surface area contributed by atoms with Gasteiger partial charge in [-0.3, -0.25) is 4.79 Å². The standard InChI is InChI=1S/C14H25NO4.CH2O3/c1-10(2)13(16)18-11(3)19-14(17)15-9-12-7-5-4-6-8-12;2-1(3)4/h10-12H,4-9H2,1-3H3,(H,15,17);(H2,2,3,4)/t11-;/m1./s1. The molecule has 1 atom stereocenters. The van der Waals surface area contributed by atoms with Gasteiger partial charge in [0.05, 0.1) is 5.92 Å². The highest BCUT2D eigenvalue weighted by molar-refractivity contribution is 5.72. The number of carboxylic acid groups (broad SMARTS) is 2. The lowest BCUT2D eigenvalue weighted by molar-refractivity contribution is -0.168. The van der Waals surface area contributed by atoms with E-state index in [9.17, 15) is 9.59 Å². The van der Waals surface area contributed by atoms with Crippen molar-refractivity contribution >= 4 is 18.2 Å². The minimum absolute atomic E-state index is 0.226. The van der Waals surface area contributed by atoms with Crippen molar-refractivity contribution in [1.29, 1.82) is 0 Å². The molecule has 3 N–H and O–H groups in total. The highest BCUT2D eigenvalue weighted by atomic mass is 16.7. The zero-order valence-corrected chi connectivity index (χ0v) is 13.9. The Morgan fingerprint density at radius 3 is 2.04 bits per heavy atom. The lowest BCUT2D eigenvalue weighted by Gasteiger charge is -2.22. The van der Waals surface area contributed by atoms with E-state index in [2.05, 4.69) is 5.32 Å². The monoisotopic (exact) mass is 333 g/mol. The Bertz CT molecular complexity index is 374. The molecule has 8 heteroatoms. The van der Waals surface area contributed by atoms with Crippen LogP contribution >= 0.6 is 0 Å².